The summed E-state index contributed by atoms with van der Waals surface area (Å²) in [6.07, 6.45) is 7.20. The van der Waals surface area contributed by atoms with Crippen molar-refractivity contribution < 1.29 is 29.2 Å². The fourth-order valence-corrected chi connectivity index (χ4v) is 6.97. The van der Waals surface area contributed by atoms with E-state index >= 15 is 0 Å². The molecule has 0 aromatic rings. The van der Waals surface area contributed by atoms with Crippen molar-refractivity contribution in [2.45, 2.75) is 103 Å². The van der Waals surface area contributed by atoms with Crippen molar-refractivity contribution in [2.24, 2.45) is 11.8 Å². The fourth-order valence-electron chi connectivity index (χ4n) is 6.97. The highest BCUT2D eigenvalue weighted by atomic mass is 16.9. The molecule has 6 heteroatoms. The van der Waals surface area contributed by atoms with Gasteiger partial charge in [0, 0.05) is 19.3 Å². The van der Waals surface area contributed by atoms with E-state index in [1.165, 1.54) is 12.8 Å². The third-order valence-corrected chi connectivity index (χ3v) is 9.26. The molecule has 3 atom stereocenters. The average Bonchev–Trinajstić information content (AvgIpc) is 3.25. The fraction of sp³-hybridized carbons (Fsp3) is 1.00. The molecule has 29 heavy (non-hydrogen) atoms. The van der Waals surface area contributed by atoms with Gasteiger partial charge in [-0.1, -0.05) is 0 Å². The van der Waals surface area contributed by atoms with Gasteiger partial charge in [0.15, 0.2) is 0 Å². The summed E-state index contributed by atoms with van der Waals surface area (Å²) in [6, 6.07) is 0.286. The molecule has 0 spiro atoms. The number of piperidine rings is 1. The van der Waals surface area contributed by atoms with Crippen LogP contribution in [0.3, 0.4) is 0 Å². The molecule has 4 rings (SSSR count). The number of hydrogen-bond donors (Lipinski definition) is 2. The number of fused-ring (bicyclic) bond motifs is 1. The number of quaternary nitrogens is 3. The van der Waals surface area contributed by atoms with Gasteiger partial charge in [0.1, 0.15) is 49.8 Å². The summed E-state index contributed by atoms with van der Waals surface area (Å²) in [5, 5.41) is 21.9. The lowest BCUT2D eigenvalue weighted by Crippen LogP contribution is -2.66. The highest BCUT2D eigenvalue weighted by Gasteiger charge is 2.75. The first kappa shape index (κ1) is 22.0. The van der Waals surface area contributed by atoms with Gasteiger partial charge in [-0.15, -0.1) is 9.48 Å². The molecular formula is C23H46N3O3+3. The van der Waals surface area contributed by atoms with Crippen LogP contribution in [0.1, 0.15) is 80.1 Å². The lowest BCUT2D eigenvalue weighted by Gasteiger charge is -2.48. The van der Waals surface area contributed by atoms with Crippen molar-refractivity contribution in [3.05, 3.63) is 0 Å². The number of rotatable bonds is 7. The molecule has 2 N–H and O–H groups in total. The summed E-state index contributed by atoms with van der Waals surface area (Å²) in [7, 11) is 0. The molecule has 6 nitrogen and oxygen atoms in total. The molecule has 4 aliphatic rings. The standard InChI is InChI=1S/C23H46N3O3/c1-18(2)24(27)16-19(17-24)14-23(5,6)26-13-10-20(21(26)29-26)15-22(3,4)25(28)11-8-7-9-12-25/h18-21,27-28H,7-17H2,1-6H3/q+3. The normalized spacial score (nSPS) is 41.9. The zero-order valence-electron chi connectivity index (χ0n) is 19.7. The zero-order valence-corrected chi connectivity index (χ0v) is 19.7. The van der Waals surface area contributed by atoms with E-state index in [-0.39, 0.29) is 26.4 Å². The first-order valence-electron chi connectivity index (χ1n) is 12.1. The van der Waals surface area contributed by atoms with Gasteiger partial charge in [-0.05, 0) is 60.8 Å². The minimum Gasteiger partial charge on any atom is -0.217 e. The maximum atomic E-state index is 11.3. The quantitative estimate of drug-likeness (QED) is 0.490. The highest BCUT2D eigenvalue weighted by molar-refractivity contribution is 4.89. The van der Waals surface area contributed by atoms with Crippen molar-refractivity contribution in [3.63, 3.8) is 0 Å². The van der Waals surface area contributed by atoms with E-state index in [1.54, 1.807) is 0 Å². The van der Waals surface area contributed by atoms with Gasteiger partial charge in [-0.25, -0.2) is 10.4 Å². The molecule has 0 radical (unpaired) electrons. The Bertz CT molecular complexity index is 623. The van der Waals surface area contributed by atoms with E-state index in [2.05, 4.69) is 41.5 Å². The summed E-state index contributed by atoms with van der Waals surface area (Å²) in [4.78, 5) is 6.43. The van der Waals surface area contributed by atoms with Crippen LogP contribution in [0, 0.1) is 11.8 Å². The van der Waals surface area contributed by atoms with Crippen LogP contribution < -0.4 is 0 Å². The van der Waals surface area contributed by atoms with Crippen LogP contribution in [-0.4, -0.2) is 80.4 Å². The highest BCUT2D eigenvalue weighted by Crippen LogP contribution is 2.57. The third-order valence-electron chi connectivity index (χ3n) is 9.26. The van der Waals surface area contributed by atoms with Gasteiger partial charge < -0.3 is 0 Å². The topological polar surface area (TPSA) is 53.0 Å². The van der Waals surface area contributed by atoms with Gasteiger partial charge in [-0.2, -0.15) is 9.29 Å². The number of likely N-dealkylation sites (tertiary alicyclic amines) is 2. The maximum absolute atomic E-state index is 11.3. The van der Waals surface area contributed by atoms with Crippen molar-refractivity contribution in [3.8, 4) is 0 Å². The first-order chi connectivity index (χ1) is 13.3. The molecule has 4 aliphatic heterocycles. The largest absolute Gasteiger partial charge is 0.278 e. The number of hydrogen-bond acceptors (Lipinski definition) is 3. The van der Waals surface area contributed by atoms with Crippen LogP contribution in [0.4, 0.5) is 0 Å². The molecule has 0 aliphatic carbocycles. The molecule has 168 valence electrons. The molecule has 0 aromatic carbocycles. The minimum atomic E-state index is -0.111. The molecule has 4 heterocycles. The van der Waals surface area contributed by atoms with Crippen LogP contribution in [-0.2, 0) is 4.84 Å². The van der Waals surface area contributed by atoms with Crippen molar-refractivity contribution in [2.75, 3.05) is 32.7 Å². The predicted molar refractivity (Wildman–Crippen MR) is 112 cm³/mol. The van der Waals surface area contributed by atoms with Gasteiger partial charge in [-0.3, -0.25) is 0 Å². The molecule has 4 saturated heterocycles. The monoisotopic (exact) mass is 412 g/mol. The molecule has 0 saturated carbocycles. The molecule has 4 fully saturated rings. The third kappa shape index (κ3) is 3.48. The molecule has 0 amide bonds. The van der Waals surface area contributed by atoms with Crippen molar-refractivity contribution in [1.29, 1.82) is 0 Å². The molecule has 3 unspecified atom stereocenters. The summed E-state index contributed by atoms with van der Waals surface area (Å²) < 4.78 is 1.29. The lowest BCUT2D eigenvalue weighted by atomic mass is 9.83. The van der Waals surface area contributed by atoms with Crippen LogP contribution in [0.5, 0.6) is 0 Å². The Morgan fingerprint density at radius 3 is 2.07 bits per heavy atom. The Kier molecular flexibility index (Phi) is 5.21. The minimum absolute atomic E-state index is 0.0903. The number of hydroxylamine groups is 9. The van der Waals surface area contributed by atoms with E-state index in [0.717, 1.165) is 63.1 Å². The second-order valence-corrected chi connectivity index (χ2v) is 12.3. The Hall–Kier alpha value is -0.240. The smallest absolute Gasteiger partial charge is 0.217 e. The van der Waals surface area contributed by atoms with Crippen molar-refractivity contribution in [1.82, 2.24) is 0 Å². The van der Waals surface area contributed by atoms with E-state index in [4.69, 9.17) is 4.84 Å². The van der Waals surface area contributed by atoms with Crippen LogP contribution in [0.2, 0.25) is 0 Å². The van der Waals surface area contributed by atoms with Gasteiger partial charge in [0.25, 0.3) is 6.23 Å². The summed E-state index contributed by atoms with van der Waals surface area (Å²) in [6.45, 7) is 18.1. The van der Waals surface area contributed by atoms with Gasteiger partial charge >= 0.3 is 0 Å². The maximum Gasteiger partial charge on any atom is 0.278 e. The van der Waals surface area contributed by atoms with Gasteiger partial charge in [0.2, 0.25) is 0 Å². The van der Waals surface area contributed by atoms with Crippen molar-refractivity contribution >= 4 is 0 Å². The van der Waals surface area contributed by atoms with E-state index in [9.17, 15) is 10.4 Å². The summed E-state index contributed by atoms with van der Waals surface area (Å²) in [5.41, 5.74) is -0.0204. The molecule has 0 bridgehead atoms. The van der Waals surface area contributed by atoms with Gasteiger partial charge in [0.05, 0.1) is 11.8 Å². The Morgan fingerprint density at radius 1 is 0.897 bits per heavy atom. The van der Waals surface area contributed by atoms with E-state index in [0.29, 0.717) is 18.1 Å². The second-order valence-electron chi connectivity index (χ2n) is 12.3. The average molecular weight is 413 g/mol. The zero-order chi connectivity index (χ0) is 21.3. The van der Waals surface area contributed by atoms with Crippen LogP contribution >= 0.6 is 0 Å². The molecule has 0 aromatic heterocycles. The summed E-state index contributed by atoms with van der Waals surface area (Å²) >= 11 is 0. The summed E-state index contributed by atoms with van der Waals surface area (Å²) in [5.74, 6) is 1.13. The Morgan fingerprint density at radius 2 is 1.52 bits per heavy atom. The SMILES string of the molecule is CC(C)[N+]1(O)CC(CC(C)(C)[N+]23CCC(CC(C)(C)[N+]4(O)CCCCC4)C2O3)C1. The Balaban J connectivity index is 1.36. The molecular weight excluding hydrogens is 366 g/mol. The predicted octanol–water partition coefficient (Wildman–Crippen LogP) is 4.07. The van der Waals surface area contributed by atoms with Crippen LogP contribution in [0.25, 0.3) is 0 Å². The lowest BCUT2D eigenvalue weighted by molar-refractivity contribution is -1.15. The second kappa shape index (κ2) is 6.88. The van der Waals surface area contributed by atoms with E-state index < -0.39 is 0 Å². The first-order valence-corrected chi connectivity index (χ1v) is 12.1. The van der Waals surface area contributed by atoms with E-state index in [1.807, 2.05) is 0 Å². The van der Waals surface area contributed by atoms with Crippen LogP contribution in [0.15, 0.2) is 0 Å². The number of nitrogens with zero attached hydrogens (tertiary/aromatic N) is 3. The Labute approximate surface area is 177 Å².